The number of rotatable bonds is 6. The lowest BCUT2D eigenvalue weighted by atomic mass is 10.2. The van der Waals surface area contributed by atoms with Gasteiger partial charge in [-0.05, 0) is 17.7 Å². The zero-order chi connectivity index (χ0) is 14.9. The number of benzene rings is 1. The molecule has 2 N–H and O–H groups in total. The minimum Gasteiger partial charge on any atom is -0.497 e. The smallest absolute Gasteiger partial charge is 0.191 e. The lowest BCUT2D eigenvalue weighted by Crippen LogP contribution is -2.38. The van der Waals surface area contributed by atoms with Crippen LogP contribution in [0.1, 0.15) is 5.56 Å². The maximum Gasteiger partial charge on any atom is 0.191 e. The van der Waals surface area contributed by atoms with Crippen molar-refractivity contribution in [1.29, 1.82) is 0 Å². The molecule has 2 aromatic rings. The molecule has 0 bridgehead atoms. The maximum absolute atomic E-state index is 5.14. The number of imidazole rings is 1. The number of ether oxygens (including phenoxy) is 1. The monoisotopic (exact) mass is 415 g/mol. The highest BCUT2D eigenvalue weighted by atomic mass is 127. The Balaban J connectivity index is 0.00000242. The van der Waals surface area contributed by atoms with Crippen LogP contribution in [0.3, 0.4) is 0 Å². The van der Waals surface area contributed by atoms with Crippen LogP contribution in [0.5, 0.6) is 5.75 Å². The maximum atomic E-state index is 5.14. The molecular formula is C15H22IN5O. The second kappa shape index (κ2) is 10.0. The van der Waals surface area contributed by atoms with E-state index in [0.717, 1.165) is 31.3 Å². The molecule has 2 rings (SSSR count). The Kier molecular flexibility index (Phi) is 8.34. The van der Waals surface area contributed by atoms with Gasteiger partial charge in [-0.15, -0.1) is 24.0 Å². The minimum absolute atomic E-state index is 0. The third kappa shape index (κ3) is 5.92. The van der Waals surface area contributed by atoms with Gasteiger partial charge in [0.2, 0.25) is 0 Å². The van der Waals surface area contributed by atoms with Gasteiger partial charge in [0.15, 0.2) is 5.96 Å². The van der Waals surface area contributed by atoms with Crippen molar-refractivity contribution >= 4 is 29.9 Å². The zero-order valence-electron chi connectivity index (χ0n) is 12.8. The number of halogens is 1. The predicted octanol–water partition coefficient (Wildman–Crippen LogP) is 1.87. The average Bonchev–Trinajstić information content (AvgIpc) is 3.04. The molecule has 0 amide bonds. The van der Waals surface area contributed by atoms with Gasteiger partial charge in [-0.1, -0.05) is 12.1 Å². The summed E-state index contributed by atoms with van der Waals surface area (Å²) in [6.45, 7) is 2.36. The molecule has 0 radical (unpaired) electrons. The molecule has 0 saturated carbocycles. The zero-order valence-corrected chi connectivity index (χ0v) is 15.2. The quantitative estimate of drug-likeness (QED) is 0.430. The largest absolute Gasteiger partial charge is 0.497 e. The van der Waals surface area contributed by atoms with Crippen molar-refractivity contribution in [1.82, 2.24) is 20.2 Å². The van der Waals surface area contributed by atoms with Gasteiger partial charge in [-0.25, -0.2) is 4.98 Å². The van der Waals surface area contributed by atoms with Gasteiger partial charge in [0, 0.05) is 39.1 Å². The molecule has 0 aliphatic rings. The molecule has 0 aliphatic heterocycles. The summed E-state index contributed by atoms with van der Waals surface area (Å²) in [6.07, 6.45) is 5.52. The summed E-state index contributed by atoms with van der Waals surface area (Å²) >= 11 is 0. The van der Waals surface area contributed by atoms with Crippen molar-refractivity contribution in [3.8, 4) is 5.75 Å². The summed E-state index contributed by atoms with van der Waals surface area (Å²) < 4.78 is 7.16. The van der Waals surface area contributed by atoms with E-state index in [2.05, 4.69) is 20.6 Å². The molecule has 22 heavy (non-hydrogen) atoms. The lowest BCUT2D eigenvalue weighted by molar-refractivity contribution is 0.414. The highest BCUT2D eigenvalue weighted by Gasteiger charge is 1.99. The number of hydrogen-bond acceptors (Lipinski definition) is 3. The average molecular weight is 415 g/mol. The SMILES string of the molecule is CN=C(NCCn1ccnc1)NCc1ccc(OC)cc1.I. The summed E-state index contributed by atoms with van der Waals surface area (Å²) in [5, 5.41) is 6.54. The summed E-state index contributed by atoms with van der Waals surface area (Å²) in [4.78, 5) is 8.21. The van der Waals surface area contributed by atoms with Crippen molar-refractivity contribution in [3.05, 3.63) is 48.5 Å². The molecule has 1 heterocycles. The van der Waals surface area contributed by atoms with Gasteiger partial charge < -0.3 is 19.9 Å². The Labute approximate surface area is 148 Å². The van der Waals surface area contributed by atoms with E-state index in [0.29, 0.717) is 0 Å². The normalized spacial score (nSPS) is 10.7. The fourth-order valence-electron chi connectivity index (χ4n) is 1.87. The van der Waals surface area contributed by atoms with Gasteiger partial charge in [0.05, 0.1) is 13.4 Å². The second-order valence-electron chi connectivity index (χ2n) is 4.50. The summed E-state index contributed by atoms with van der Waals surface area (Å²) in [5.41, 5.74) is 1.17. The van der Waals surface area contributed by atoms with E-state index in [1.165, 1.54) is 5.56 Å². The van der Waals surface area contributed by atoms with E-state index in [1.54, 1.807) is 26.7 Å². The third-order valence-corrected chi connectivity index (χ3v) is 3.06. The first kappa shape index (κ1) is 18.3. The van der Waals surface area contributed by atoms with E-state index in [1.807, 2.05) is 35.0 Å². The topological polar surface area (TPSA) is 63.5 Å². The second-order valence-corrected chi connectivity index (χ2v) is 4.50. The van der Waals surface area contributed by atoms with Crippen LogP contribution < -0.4 is 15.4 Å². The molecular weight excluding hydrogens is 393 g/mol. The van der Waals surface area contributed by atoms with Crippen molar-refractivity contribution in [2.24, 2.45) is 4.99 Å². The van der Waals surface area contributed by atoms with Gasteiger partial charge in [-0.2, -0.15) is 0 Å². The van der Waals surface area contributed by atoms with Crippen LogP contribution >= 0.6 is 24.0 Å². The Morgan fingerprint density at radius 1 is 1.27 bits per heavy atom. The van der Waals surface area contributed by atoms with E-state index in [4.69, 9.17) is 4.74 Å². The van der Waals surface area contributed by atoms with E-state index >= 15 is 0 Å². The van der Waals surface area contributed by atoms with Crippen molar-refractivity contribution in [2.45, 2.75) is 13.1 Å². The number of aliphatic imine (C=N–C) groups is 1. The number of nitrogens with zero attached hydrogens (tertiary/aromatic N) is 3. The molecule has 0 atom stereocenters. The van der Waals surface area contributed by atoms with Crippen molar-refractivity contribution in [3.63, 3.8) is 0 Å². The van der Waals surface area contributed by atoms with Crippen LogP contribution in [0.4, 0.5) is 0 Å². The number of nitrogens with one attached hydrogen (secondary N) is 2. The van der Waals surface area contributed by atoms with Crippen molar-refractivity contribution < 1.29 is 4.74 Å². The third-order valence-electron chi connectivity index (χ3n) is 3.06. The van der Waals surface area contributed by atoms with E-state index in [-0.39, 0.29) is 24.0 Å². The Morgan fingerprint density at radius 3 is 2.64 bits per heavy atom. The molecule has 1 aromatic heterocycles. The minimum atomic E-state index is 0. The van der Waals surface area contributed by atoms with Gasteiger partial charge in [-0.3, -0.25) is 4.99 Å². The fourth-order valence-corrected chi connectivity index (χ4v) is 1.87. The molecule has 0 spiro atoms. The Morgan fingerprint density at radius 2 is 2.05 bits per heavy atom. The number of aromatic nitrogens is 2. The van der Waals surface area contributed by atoms with Crippen LogP contribution in [0, 0.1) is 0 Å². The lowest BCUT2D eigenvalue weighted by Gasteiger charge is -2.12. The van der Waals surface area contributed by atoms with Gasteiger partial charge >= 0.3 is 0 Å². The summed E-state index contributed by atoms with van der Waals surface area (Å²) in [7, 11) is 3.43. The van der Waals surface area contributed by atoms with Crippen LogP contribution in [0.2, 0.25) is 0 Å². The van der Waals surface area contributed by atoms with Crippen LogP contribution in [0.15, 0.2) is 48.0 Å². The van der Waals surface area contributed by atoms with E-state index in [9.17, 15) is 0 Å². The Hall–Kier alpha value is -1.77. The first-order chi connectivity index (χ1) is 10.3. The van der Waals surface area contributed by atoms with Gasteiger partial charge in [0.25, 0.3) is 0 Å². The number of hydrogen-bond donors (Lipinski definition) is 2. The van der Waals surface area contributed by atoms with Crippen molar-refractivity contribution in [2.75, 3.05) is 20.7 Å². The summed E-state index contributed by atoms with van der Waals surface area (Å²) in [6, 6.07) is 7.97. The molecule has 0 aliphatic carbocycles. The number of guanidine groups is 1. The predicted molar refractivity (Wildman–Crippen MR) is 98.8 cm³/mol. The molecule has 1 aromatic carbocycles. The first-order valence-electron chi connectivity index (χ1n) is 6.85. The molecule has 0 unspecified atom stereocenters. The molecule has 6 nitrogen and oxygen atoms in total. The van der Waals surface area contributed by atoms with Crippen LogP contribution in [-0.4, -0.2) is 36.2 Å². The van der Waals surface area contributed by atoms with Gasteiger partial charge in [0.1, 0.15) is 5.75 Å². The molecule has 7 heteroatoms. The fraction of sp³-hybridized carbons (Fsp3) is 0.333. The Bertz CT molecular complexity index is 554. The highest BCUT2D eigenvalue weighted by molar-refractivity contribution is 14.0. The highest BCUT2D eigenvalue weighted by Crippen LogP contribution is 2.10. The summed E-state index contributed by atoms with van der Waals surface area (Å²) in [5.74, 6) is 1.65. The molecule has 0 fully saturated rings. The van der Waals surface area contributed by atoms with Crippen LogP contribution in [0.25, 0.3) is 0 Å². The standard InChI is InChI=1S/C15H21N5O.HI/c1-16-15(18-8-10-20-9-7-17-12-20)19-11-13-3-5-14(21-2)6-4-13;/h3-7,9,12H,8,10-11H2,1-2H3,(H2,16,18,19);1H. The first-order valence-corrected chi connectivity index (χ1v) is 6.85. The van der Waals surface area contributed by atoms with E-state index < -0.39 is 0 Å². The van der Waals surface area contributed by atoms with Crippen LogP contribution in [-0.2, 0) is 13.1 Å². The number of methoxy groups -OCH3 is 1. The molecule has 120 valence electrons. The molecule has 0 saturated heterocycles.